The van der Waals surface area contributed by atoms with E-state index in [9.17, 15) is 4.79 Å². The smallest absolute Gasteiger partial charge is 0.277 e. The van der Waals surface area contributed by atoms with Crippen molar-refractivity contribution in [1.82, 2.24) is 5.16 Å². The Labute approximate surface area is 106 Å². The molecule has 0 bridgehead atoms. The zero-order valence-corrected chi connectivity index (χ0v) is 10.8. The molecule has 0 saturated heterocycles. The van der Waals surface area contributed by atoms with Crippen LogP contribution in [0.4, 0.5) is 5.69 Å². The van der Waals surface area contributed by atoms with Gasteiger partial charge in [0.25, 0.3) is 5.91 Å². The van der Waals surface area contributed by atoms with E-state index in [0.29, 0.717) is 11.5 Å². The minimum absolute atomic E-state index is 0.248. The second kappa shape index (κ2) is 5.04. The van der Waals surface area contributed by atoms with Gasteiger partial charge in [-0.3, -0.25) is 4.79 Å². The largest absolute Gasteiger partial charge is 0.361 e. The van der Waals surface area contributed by atoms with Gasteiger partial charge in [0.1, 0.15) is 5.76 Å². The third kappa shape index (κ3) is 2.59. The van der Waals surface area contributed by atoms with Crippen molar-refractivity contribution >= 4 is 11.6 Å². The van der Waals surface area contributed by atoms with Gasteiger partial charge in [-0.2, -0.15) is 0 Å². The average molecular weight is 244 g/mol. The van der Waals surface area contributed by atoms with Crippen molar-refractivity contribution in [2.75, 3.05) is 5.32 Å². The Kier molecular flexibility index (Phi) is 3.46. The van der Waals surface area contributed by atoms with Gasteiger partial charge < -0.3 is 9.84 Å². The molecule has 2 aromatic rings. The van der Waals surface area contributed by atoms with Crippen LogP contribution >= 0.6 is 0 Å². The summed E-state index contributed by atoms with van der Waals surface area (Å²) in [6.07, 6.45) is 0.726. The fourth-order valence-electron chi connectivity index (χ4n) is 1.60. The maximum Gasteiger partial charge on any atom is 0.277 e. The van der Waals surface area contributed by atoms with E-state index in [1.807, 2.05) is 39.0 Å². The molecule has 1 heterocycles. The number of benzene rings is 1. The monoisotopic (exact) mass is 244 g/mol. The molecule has 4 heteroatoms. The quantitative estimate of drug-likeness (QED) is 0.902. The Bertz CT molecular complexity index is 573. The van der Waals surface area contributed by atoms with Crippen molar-refractivity contribution < 1.29 is 9.32 Å². The lowest BCUT2D eigenvalue weighted by atomic mass is 10.1. The van der Waals surface area contributed by atoms with Crippen LogP contribution in [0.2, 0.25) is 0 Å². The minimum atomic E-state index is -0.248. The van der Waals surface area contributed by atoms with E-state index in [1.165, 1.54) is 5.56 Å². The molecule has 0 saturated carbocycles. The molecule has 0 aliphatic rings. The number of carbonyl (C=O) groups is 1. The summed E-state index contributed by atoms with van der Waals surface area (Å²) in [6.45, 7) is 5.99. The van der Waals surface area contributed by atoms with E-state index in [1.54, 1.807) is 6.07 Å². The third-order valence-corrected chi connectivity index (χ3v) is 2.90. The van der Waals surface area contributed by atoms with E-state index in [-0.39, 0.29) is 5.91 Å². The topological polar surface area (TPSA) is 55.1 Å². The van der Waals surface area contributed by atoms with E-state index in [2.05, 4.69) is 10.5 Å². The lowest BCUT2D eigenvalue weighted by Gasteiger charge is -2.05. The molecule has 0 aliphatic heterocycles. The van der Waals surface area contributed by atoms with Crippen molar-refractivity contribution in [3.63, 3.8) is 0 Å². The number of amides is 1. The SMILES string of the molecule is CCc1cc(C(=O)Nc2ccc(C)c(C)c2)no1. The molecule has 1 aromatic carbocycles. The minimum Gasteiger partial charge on any atom is -0.361 e. The third-order valence-electron chi connectivity index (χ3n) is 2.90. The first kappa shape index (κ1) is 12.4. The van der Waals surface area contributed by atoms with E-state index >= 15 is 0 Å². The number of hydrogen-bond acceptors (Lipinski definition) is 3. The first-order chi connectivity index (χ1) is 8.60. The Morgan fingerprint density at radius 3 is 2.67 bits per heavy atom. The molecule has 0 unspecified atom stereocenters. The summed E-state index contributed by atoms with van der Waals surface area (Å²) in [5.41, 5.74) is 3.42. The molecule has 1 N–H and O–H groups in total. The van der Waals surface area contributed by atoms with Crippen LogP contribution in [0.25, 0.3) is 0 Å². The molecule has 0 fully saturated rings. The first-order valence-corrected chi connectivity index (χ1v) is 5.94. The molecule has 2 rings (SSSR count). The maximum absolute atomic E-state index is 11.9. The highest BCUT2D eigenvalue weighted by atomic mass is 16.5. The van der Waals surface area contributed by atoms with Crippen molar-refractivity contribution in [2.45, 2.75) is 27.2 Å². The van der Waals surface area contributed by atoms with Gasteiger partial charge >= 0.3 is 0 Å². The van der Waals surface area contributed by atoms with Crippen LogP contribution in [0.5, 0.6) is 0 Å². The Balaban J connectivity index is 2.13. The Hall–Kier alpha value is -2.10. The lowest BCUT2D eigenvalue weighted by Crippen LogP contribution is -2.12. The predicted molar refractivity (Wildman–Crippen MR) is 69.8 cm³/mol. The summed E-state index contributed by atoms with van der Waals surface area (Å²) >= 11 is 0. The lowest BCUT2D eigenvalue weighted by molar-refractivity contribution is 0.101. The average Bonchev–Trinajstić information content (AvgIpc) is 2.82. The first-order valence-electron chi connectivity index (χ1n) is 5.94. The van der Waals surface area contributed by atoms with Gasteiger partial charge in [0, 0.05) is 18.2 Å². The van der Waals surface area contributed by atoms with Gasteiger partial charge in [0.15, 0.2) is 5.69 Å². The van der Waals surface area contributed by atoms with Crippen LogP contribution < -0.4 is 5.32 Å². The van der Waals surface area contributed by atoms with Gasteiger partial charge in [0.05, 0.1) is 0 Å². The number of nitrogens with zero attached hydrogens (tertiary/aromatic N) is 1. The Morgan fingerprint density at radius 1 is 1.28 bits per heavy atom. The summed E-state index contributed by atoms with van der Waals surface area (Å²) in [5.74, 6) is 0.460. The summed E-state index contributed by atoms with van der Waals surface area (Å²) in [4.78, 5) is 11.9. The van der Waals surface area contributed by atoms with Crippen LogP contribution in [-0.4, -0.2) is 11.1 Å². The number of rotatable bonds is 3. The number of aryl methyl sites for hydroxylation is 3. The predicted octanol–water partition coefficient (Wildman–Crippen LogP) is 3.11. The molecular weight excluding hydrogens is 228 g/mol. The van der Waals surface area contributed by atoms with Crippen molar-refractivity contribution in [3.8, 4) is 0 Å². The molecule has 0 spiro atoms. The van der Waals surface area contributed by atoms with E-state index in [0.717, 1.165) is 17.7 Å². The molecule has 1 amide bonds. The van der Waals surface area contributed by atoms with Crippen LogP contribution in [0.1, 0.15) is 34.3 Å². The number of nitrogens with one attached hydrogen (secondary N) is 1. The highest BCUT2D eigenvalue weighted by Gasteiger charge is 2.12. The summed E-state index contributed by atoms with van der Waals surface area (Å²) in [5, 5.41) is 6.54. The van der Waals surface area contributed by atoms with Crippen molar-refractivity contribution in [3.05, 3.63) is 46.8 Å². The molecule has 0 atom stereocenters. The van der Waals surface area contributed by atoms with Crippen LogP contribution in [0, 0.1) is 13.8 Å². The standard InChI is InChI=1S/C14H16N2O2/c1-4-12-8-13(16-18-12)14(17)15-11-6-5-9(2)10(3)7-11/h5-8H,4H2,1-3H3,(H,15,17). The highest BCUT2D eigenvalue weighted by molar-refractivity contribution is 6.02. The number of anilines is 1. The van der Waals surface area contributed by atoms with Gasteiger partial charge in [0.2, 0.25) is 0 Å². The molecule has 0 radical (unpaired) electrons. The van der Waals surface area contributed by atoms with Gasteiger partial charge in [-0.05, 0) is 37.1 Å². The van der Waals surface area contributed by atoms with Crippen LogP contribution in [-0.2, 0) is 6.42 Å². The molecule has 18 heavy (non-hydrogen) atoms. The van der Waals surface area contributed by atoms with E-state index < -0.39 is 0 Å². The van der Waals surface area contributed by atoms with Gasteiger partial charge in [-0.25, -0.2) is 0 Å². The highest BCUT2D eigenvalue weighted by Crippen LogP contribution is 2.15. The second-order valence-electron chi connectivity index (χ2n) is 4.29. The fourth-order valence-corrected chi connectivity index (χ4v) is 1.60. The zero-order chi connectivity index (χ0) is 13.1. The molecule has 0 aliphatic carbocycles. The normalized spacial score (nSPS) is 10.4. The molecular formula is C14H16N2O2. The maximum atomic E-state index is 11.9. The van der Waals surface area contributed by atoms with E-state index in [4.69, 9.17) is 4.52 Å². The second-order valence-corrected chi connectivity index (χ2v) is 4.29. The zero-order valence-electron chi connectivity index (χ0n) is 10.8. The number of hydrogen-bond donors (Lipinski definition) is 1. The Morgan fingerprint density at radius 2 is 2.06 bits per heavy atom. The molecule has 4 nitrogen and oxygen atoms in total. The van der Waals surface area contributed by atoms with Crippen LogP contribution in [0.3, 0.4) is 0 Å². The van der Waals surface area contributed by atoms with Crippen molar-refractivity contribution in [1.29, 1.82) is 0 Å². The number of aromatic nitrogens is 1. The molecule has 94 valence electrons. The van der Waals surface area contributed by atoms with Gasteiger partial charge in [-0.1, -0.05) is 18.1 Å². The fraction of sp³-hybridized carbons (Fsp3) is 0.286. The number of carbonyl (C=O) groups excluding carboxylic acids is 1. The van der Waals surface area contributed by atoms with Gasteiger partial charge in [-0.15, -0.1) is 0 Å². The molecule has 1 aromatic heterocycles. The summed E-state index contributed by atoms with van der Waals surface area (Å²) < 4.78 is 5.00. The summed E-state index contributed by atoms with van der Waals surface area (Å²) in [6, 6.07) is 7.46. The van der Waals surface area contributed by atoms with Crippen molar-refractivity contribution in [2.24, 2.45) is 0 Å². The van der Waals surface area contributed by atoms with Crippen LogP contribution in [0.15, 0.2) is 28.8 Å². The summed E-state index contributed by atoms with van der Waals surface area (Å²) in [7, 11) is 0.